The van der Waals surface area contributed by atoms with E-state index < -0.39 is 16.0 Å². The van der Waals surface area contributed by atoms with E-state index in [1.807, 2.05) is 0 Å². The Morgan fingerprint density at radius 2 is 1.67 bits per heavy atom. The smallest absolute Gasteiger partial charge is 0.335 e. The van der Waals surface area contributed by atoms with Crippen molar-refractivity contribution in [2.75, 3.05) is 18.9 Å². The van der Waals surface area contributed by atoms with Gasteiger partial charge in [0, 0.05) is 17.8 Å². The summed E-state index contributed by atoms with van der Waals surface area (Å²) >= 11 is 5.96. The predicted molar refractivity (Wildman–Crippen MR) is 88.8 cm³/mol. The molecule has 24 heavy (non-hydrogen) atoms. The zero-order valence-electron chi connectivity index (χ0n) is 12.7. The number of carbonyl (C=O) groups is 1. The van der Waals surface area contributed by atoms with Crippen LogP contribution in [-0.2, 0) is 10.0 Å². The fourth-order valence-corrected chi connectivity index (χ4v) is 3.39. The van der Waals surface area contributed by atoms with Crippen LogP contribution in [0.15, 0.2) is 41.3 Å². The number of hydrogen-bond acceptors (Lipinski definition) is 5. The van der Waals surface area contributed by atoms with E-state index in [0.29, 0.717) is 0 Å². The highest BCUT2D eigenvalue weighted by molar-refractivity contribution is 7.92. The van der Waals surface area contributed by atoms with Crippen LogP contribution in [0.25, 0.3) is 0 Å². The molecule has 0 radical (unpaired) electrons. The molecule has 0 aliphatic rings. The molecule has 0 atom stereocenters. The summed E-state index contributed by atoms with van der Waals surface area (Å²) in [5.74, 6) is -0.872. The van der Waals surface area contributed by atoms with Gasteiger partial charge < -0.3 is 14.6 Å². The van der Waals surface area contributed by atoms with Crippen LogP contribution >= 0.6 is 11.6 Å². The van der Waals surface area contributed by atoms with Crippen LogP contribution in [0.5, 0.6) is 11.5 Å². The number of rotatable bonds is 6. The van der Waals surface area contributed by atoms with Gasteiger partial charge in [-0.3, -0.25) is 4.72 Å². The van der Waals surface area contributed by atoms with Gasteiger partial charge in [0.15, 0.2) is 0 Å². The third-order valence-electron chi connectivity index (χ3n) is 3.11. The first-order valence-electron chi connectivity index (χ1n) is 6.56. The number of ether oxygens (including phenoxy) is 2. The van der Waals surface area contributed by atoms with Crippen LogP contribution in [0, 0.1) is 0 Å². The maximum atomic E-state index is 12.6. The summed E-state index contributed by atoms with van der Waals surface area (Å²) in [5.41, 5.74) is 0.250. The van der Waals surface area contributed by atoms with Crippen molar-refractivity contribution in [3.8, 4) is 11.5 Å². The molecule has 0 aliphatic carbocycles. The number of halogens is 1. The van der Waals surface area contributed by atoms with Crippen molar-refractivity contribution in [1.29, 1.82) is 0 Å². The Morgan fingerprint density at radius 3 is 2.17 bits per heavy atom. The second-order valence-corrected chi connectivity index (χ2v) is 6.68. The van der Waals surface area contributed by atoms with Gasteiger partial charge in [0.25, 0.3) is 10.0 Å². The lowest BCUT2D eigenvalue weighted by Gasteiger charge is -2.14. The maximum Gasteiger partial charge on any atom is 0.335 e. The van der Waals surface area contributed by atoms with E-state index in [1.54, 1.807) is 0 Å². The highest BCUT2D eigenvalue weighted by Crippen LogP contribution is 2.35. The van der Waals surface area contributed by atoms with Gasteiger partial charge in [-0.1, -0.05) is 11.6 Å². The fraction of sp³-hybridized carbons (Fsp3) is 0.133. The molecule has 0 amide bonds. The summed E-state index contributed by atoms with van der Waals surface area (Å²) in [6, 6.07) is 7.86. The topological polar surface area (TPSA) is 102 Å². The normalized spacial score (nSPS) is 11.0. The maximum absolute atomic E-state index is 12.6. The molecule has 9 heteroatoms. The van der Waals surface area contributed by atoms with Crippen LogP contribution in [0.3, 0.4) is 0 Å². The highest BCUT2D eigenvalue weighted by atomic mass is 35.5. The van der Waals surface area contributed by atoms with E-state index in [0.717, 1.165) is 0 Å². The average molecular weight is 372 g/mol. The van der Waals surface area contributed by atoms with Crippen molar-refractivity contribution in [1.82, 2.24) is 0 Å². The van der Waals surface area contributed by atoms with Gasteiger partial charge in [0.1, 0.15) is 16.4 Å². The molecular formula is C15H14ClNO6S. The molecule has 0 fully saturated rings. The van der Waals surface area contributed by atoms with Crippen LogP contribution in [0.4, 0.5) is 5.69 Å². The van der Waals surface area contributed by atoms with Gasteiger partial charge in [-0.2, -0.15) is 0 Å². The first-order chi connectivity index (χ1) is 11.3. The van der Waals surface area contributed by atoms with Gasteiger partial charge in [0.2, 0.25) is 0 Å². The summed E-state index contributed by atoms with van der Waals surface area (Å²) in [6.45, 7) is 0. The Bertz CT molecular complexity index is 864. The van der Waals surface area contributed by atoms with Gasteiger partial charge in [-0.25, -0.2) is 13.2 Å². The minimum atomic E-state index is -4.00. The second-order valence-electron chi connectivity index (χ2n) is 4.63. The number of methoxy groups -OCH3 is 2. The fourth-order valence-electron chi connectivity index (χ4n) is 1.93. The summed E-state index contributed by atoms with van der Waals surface area (Å²) < 4.78 is 37.6. The average Bonchev–Trinajstić information content (AvgIpc) is 2.54. The van der Waals surface area contributed by atoms with Crippen LogP contribution in [0.1, 0.15) is 10.4 Å². The number of carboxylic acid groups (broad SMARTS) is 1. The third kappa shape index (κ3) is 3.72. The number of hydrogen-bond donors (Lipinski definition) is 2. The SMILES string of the molecule is COc1cc(S(=O)(=O)Nc2ccc(C(=O)O)cc2)c(OC)cc1Cl. The minimum Gasteiger partial charge on any atom is -0.495 e. The Hall–Kier alpha value is -2.45. The second kappa shape index (κ2) is 6.98. The molecule has 2 N–H and O–H groups in total. The summed E-state index contributed by atoms with van der Waals surface area (Å²) in [6.07, 6.45) is 0. The molecule has 128 valence electrons. The van der Waals surface area contributed by atoms with Crippen LogP contribution in [0.2, 0.25) is 5.02 Å². The van der Waals surface area contributed by atoms with E-state index in [2.05, 4.69) is 4.72 Å². The molecule has 2 aromatic rings. The van der Waals surface area contributed by atoms with Crippen molar-refractivity contribution >= 4 is 33.3 Å². The highest BCUT2D eigenvalue weighted by Gasteiger charge is 2.22. The Morgan fingerprint density at radius 1 is 1.08 bits per heavy atom. The quantitative estimate of drug-likeness (QED) is 0.809. The van der Waals surface area contributed by atoms with E-state index >= 15 is 0 Å². The molecule has 0 saturated carbocycles. The number of carboxylic acids is 1. The molecule has 0 unspecified atom stereocenters. The first kappa shape index (κ1) is 17.9. The largest absolute Gasteiger partial charge is 0.495 e. The van der Waals surface area contributed by atoms with E-state index in [9.17, 15) is 13.2 Å². The summed E-state index contributed by atoms with van der Waals surface area (Å²) in [7, 11) is -1.32. The van der Waals surface area contributed by atoms with E-state index in [1.165, 1.54) is 50.6 Å². The molecule has 2 aromatic carbocycles. The molecule has 0 aliphatic heterocycles. The third-order valence-corrected chi connectivity index (χ3v) is 4.81. The monoisotopic (exact) mass is 371 g/mol. The first-order valence-corrected chi connectivity index (χ1v) is 8.42. The molecule has 0 heterocycles. The summed E-state index contributed by atoms with van der Waals surface area (Å²) in [4.78, 5) is 10.7. The minimum absolute atomic E-state index is 0.0451. The van der Waals surface area contributed by atoms with Gasteiger partial charge in [-0.15, -0.1) is 0 Å². The lowest BCUT2D eigenvalue weighted by Crippen LogP contribution is -2.14. The molecule has 0 spiro atoms. The molecule has 7 nitrogen and oxygen atoms in total. The molecule has 2 rings (SSSR count). The zero-order chi connectivity index (χ0) is 17.9. The lowest BCUT2D eigenvalue weighted by atomic mass is 10.2. The lowest BCUT2D eigenvalue weighted by molar-refractivity contribution is 0.0697. The number of nitrogens with one attached hydrogen (secondary N) is 1. The number of benzene rings is 2. The zero-order valence-corrected chi connectivity index (χ0v) is 14.3. The molecule has 0 bridgehead atoms. The Labute approximate surface area is 143 Å². The van der Waals surface area contributed by atoms with Gasteiger partial charge in [-0.05, 0) is 24.3 Å². The van der Waals surface area contributed by atoms with Crippen molar-refractivity contribution in [2.24, 2.45) is 0 Å². The Kier molecular flexibility index (Phi) is 5.20. The molecular weight excluding hydrogens is 358 g/mol. The van der Waals surface area contributed by atoms with Crippen molar-refractivity contribution in [3.63, 3.8) is 0 Å². The molecule has 0 saturated heterocycles. The summed E-state index contributed by atoms with van der Waals surface area (Å²) in [5, 5.41) is 9.06. The van der Waals surface area contributed by atoms with Crippen molar-refractivity contribution < 1.29 is 27.8 Å². The van der Waals surface area contributed by atoms with Gasteiger partial charge >= 0.3 is 5.97 Å². The van der Waals surface area contributed by atoms with Gasteiger partial charge in [0.05, 0.1) is 24.8 Å². The van der Waals surface area contributed by atoms with E-state index in [-0.39, 0.29) is 32.7 Å². The van der Waals surface area contributed by atoms with Crippen LogP contribution < -0.4 is 14.2 Å². The Balaban J connectivity index is 2.41. The standard InChI is InChI=1S/C15H14ClNO6S/c1-22-12-8-14(13(23-2)7-11(12)16)24(20,21)17-10-5-3-9(4-6-10)15(18)19/h3-8,17H,1-2H3,(H,18,19). The molecule has 0 aromatic heterocycles. The van der Waals surface area contributed by atoms with E-state index in [4.69, 9.17) is 26.2 Å². The van der Waals surface area contributed by atoms with Crippen molar-refractivity contribution in [2.45, 2.75) is 4.90 Å². The van der Waals surface area contributed by atoms with Crippen molar-refractivity contribution in [3.05, 3.63) is 47.0 Å². The number of anilines is 1. The number of aromatic carboxylic acids is 1. The number of sulfonamides is 1. The predicted octanol–water partition coefficient (Wildman–Crippen LogP) is 2.86. The van der Waals surface area contributed by atoms with Crippen LogP contribution in [-0.4, -0.2) is 33.7 Å².